The first-order valence-corrected chi connectivity index (χ1v) is 7.18. The van der Waals surface area contributed by atoms with Crippen molar-refractivity contribution in [3.63, 3.8) is 0 Å². The molecule has 4 nitrogen and oxygen atoms in total. The predicted octanol–water partition coefficient (Wildman–Crippen LogP) is 2.97. The zero-order valence-electron chi connectivity index (χ0n) is 11.0. The number of carbonyl (C=O) groups is 1. The van der Waals surface area contributed by atoms with Crippen LogP contribution in [-0.4, -0.2) is 23.5 Å². The van der Waals surface area contributed by atoms with E-state index in [9.17, 15) is 4.79 Å². The summed E-state index contributed by atoms with van der Waals surface area (Å²) in [6.07, 6.45) is 4.36. The van der Waals surface area contributed by atoms with Crippen LogP contribution in [0.25, 0.3) is 10.9 Å². The number of hydrogen-bond donors (Lipinski definition) is 2. The molecule has 1 aromatic carbocycles. The van der Waals surface area contributed by atoms with Crippen molar-refractivity contribution in [3.8, 4) is 0 Å². The molecule has 2 aromatic rings. The van der Waals surface area contributed by atoms with Crippen LogP contribution in [-0.2, 0) is 4.79 Å². The van der Waals surface area contributed by atoms with Crippen LogP contribution >= 0.6 is 11.6 Å². The second-order valence-electron chi connectivity index (χ2n) is 5.03. The number of anilines is 1. The van der Waals surface area contributed by atoms with Gasteiger partial charge in [-0.25, -0.2) is 0 Å². The first kappa shape index (κ1) is 13.2. The van der Waals surface area contributed by atoms with Gasteiger partial charge >= 0.3 is 0 Å². The summed E-state index contributed by atoms with van der Waals surface area (Å²) in [7, 11) is 0. The van der Waals surface area contributed by atoms with Crippen LogP contribution < -0.4 is 10.6 Å². The van der Waals surface area contributed by atoms with Crippen LogP contribution in [0.1, 0.15) is 19.3 Å². The predicted molar refractivity (Wildman–Crippen MR) is 81.0 cm³/mol. The van der Waals surface area contributed by atoms with Gasteiger partial charge in [-0.15, -0.1) is 0 Å². The molecule has 0 aliphatic carbocycles. The van der Waals surface area contributed by atoms with Gasteiger partial charge in [0.2, 0.25) is 5.91 Å². The van der Waals surface area contributed by atoms with Gasteiger partial charge in [-0.05, 0) is 25.0 Å². The van der Waals surface area contributed by atoms with Crippen molar-refractivity contribution in [2.45, 2.75) is 25.3 Å². The molecule has 2 heterocycles. The van der Waals surface area contributed by atoms with Crippen LogP contribution in [0.3, 0.4) is 0 Å². The number of aromatic nitrogens is 1. The minimum absolute atomic E-state index is 0.144. The lowest BCUT2D eigenvalue weighted by Gasteiger charge is -2.24. The molecule has 1 atom stereocenters. The summed E-state index contributed by atoms with van der Waals surface area (Å²) in [6.45, 7) is 0.720. The average molecular weight is 290 g/mol. The Hall–Kier alpha value is -1.81. The van der Waals surface area contributed by atoms with E-state index in [1.165, 1.54) is 0 Å². The maximum Gasteiger partial charge on any atom is 0.220 e. The summed E-state index contributed by atoms with van der Waals surface area (Å²) >= 11 is 6.15. The Morgan fingerprint density at radius 3 is 3.15 bits per heavy atom. The van der Waals surface area contributed by atoms with Crippen LogP contribution in [0.2, 0.25) is 5.02 Å². The molecule has 1 aliphatic rings. The minimum Gasteiger partial charge on any atom is -0.382 e. The number of rotatable bonds is 3. The van der Waals surface area contributed by atoms with E-state index >= 15 is 0 Å². The largest absolute Gasteiger partial charge is 0.382 e. The van der Waals surface area contributed by atoms with Crippen molar-refractivity contribution in [2.24, 2.45) is 0 Å². The number of carbonyl (C=O) groups excluding carboxylic acids is 1. The highest BCUT2D eigenvalue weighted by Gasteiger charge is 2.17. The SMILES string of the molecule is O=C1CCC[C@H](CNc2ccnc3c(Cl)cccc23)N1. The van der Waals surface area contributed by atoms with E-state index in [2.05, 4.69) is 15.6 Å². The molecule has 1 saturated heterocycles. The topological polar surface area (TPSA) is 54.0 Å². The number of halogens is 1. The zero-order valence-corrected chi connectivity index (χ0v) is 11.8. The molecule has 0 spiro atoms. The zero-order chi connectivity index (χ0) is 13.9. The monoisotopic (exact) mass is 289 g/mol. The number of fused-ring (bicyclic) bond motifs is 1. The van der Waals surface area contributed by atoms with Crippen LogP contribution in [0.5, 0.6) is 0 Å². The number of para-hydroxylation sites is 1. The van der Waals surface area contributed by atoms with Gasteiger partial charge in [0.05, 0.1) is 10.5 Å². The van der Waals surface area contributed by atoms with E-state index in [0.717, 1.165) is 36.0 Å². The molecule has 1 aliphatic heterocycles. The van der Waals surface area contributed by atoms with Gasteiger partial charge in [-0.3, -0.25) is 9.78 Å². The van der Waals surface area contributed by atoms with E-state index in [-0.39, 0.29) is 11.9 Å². The molecule has 3 rings (SSSR count). The second-order valence-corrected chi connectivity index (χ2v) is 5.44. The van der Waals surface area contributed by atoms with E-state index in [1.54, 1.807) is 6.20 Å². The summed E-state index contributed by atoms with van der Waals surface area (Å²) in [6, 6.07) is 7.87. The summed E-state index contributed by atoms with van der Waals surface area (Å²) in [5, 5.41) is 8.05. The fourth-order valence-electron chi connectivity index (χ4n) is 2.56. The molecule has 1 fully saturated rings. The first-order valence-electron chi connectivity index (χ1n) is 6.80. The molecular formula is C15H16ClN3O. The quantitative estimate of drug-likeness (QED) is 0.913. The van der Waals surface area contributed by atoms with Gasteiger partial charge in [0.25, 0.3) is 0 Å². The van der Waals surface area contributed by atoms with E-state index < -0.39 is 0 Å². The van der Waals surface area contributed by atoms with E-state index in [4.69, 9.17) is 11.6 Å². The Labute approximate surface area is 122 Å². The van der Waals surface area contributed by atoms with Gasteiger partial charge in [0.1, 0.15) is 0 Å². The molecule has 0 bridgehead atoms. The molecule has 1 aromatic heterocycles. The van der Waals surface area contributed by atoms with Crippen molar-refractivity contribution < 1.29 is 4.79 Å². The summed E-state index contributed by atoms with van der Waals surface area (Å²) in [5.41, 5.74) is 1.80. The third-order valence-corrected chi connectivity index (χ3v) is 3.89. The Morgan fingerprint density at radius 2 is 2.30 bits per heavy atom. The lowest BCUT2D eigenvalue weighted by Crippen LogP contribution is -2.42. The Balaban J connectivity index is 1.77. The number of amides is 1. The van der Waals surface area contributed by atoms with Gasteiger partial charge in [-0.2, -0.15) is 0 Å². The summed E-state index contributed by atoms with van der Waals surface area (Å²) in [4.78, 5) is 15.7. The molecule has 2 N–H and O–H groups in total. The number of hydrogen-bond acceptors (Lipinski definition) is 3. The summed E-state index contributed by atoms with van der Waals surface area (Å²) in [5.74, 6) is 0.144. The minimum atomic E-state index is 0.144. The van der Waals surface area contributed by atoms with Crippen molar-refractivity contribution >= 4 is 34.1 Å². The van der Waals surface area contributed by atoms with E-state index in [0.29, 0.717) is 11.4 Å². The van der Waals surface area contributed by atoms with Crippen LogP contribution in [0.4, 0.5) is 5.69 Å². The number of piperidine rings is 1. The Morgan fingerprint density at radius 1 is 1.40 bits per heavy atom. The van der Waals surface area contributed by atoms with Crippen molar-refractivity contribution in [3.05, 3.63) is 35.5 Å². The first-order chi connectivity index (χ1) is 9.74. The standard InChI is InChI=1S/C15H16ClN3O/c16-12-5-2-4-11-13(7-8-17-15(11)12)18-9-10-3-1-6-14(20)19-10/h2,4-5,7-8,10H,1,3,6,9H2,(H,17,18)(H,19,20)/t10-/m1/s1. The van der Waals surface area contributed by atoms with Crippen molar-refractivity contribution in [2.75, 3.05) is 11.9 Å². The Bertz CT molecular complexity index is 644. The normalized spacial score (nSPS) is 18.9. The molecule has 0 saturated carbocycles. The van der Waals surface area contributed by atoms with E-state index in [1.807, 2.05) is 24.3 Å². The van der Waals surface area contributed by atoms with Crippen molar-refractivity contribution in [1.29, 1.82) is 0 Å². The molecule has 0 radical (unpaired) electrons. The van der Waals surface area contributed by atoms with Gasteiger partial charge in [0, 0.05) is 36.3 Å². The third-order valence-electron chi connectivity index (χ3n) is 3.58. The van der Waals surface area contributed by atoms with Crippen LogP contribution in [0, 0.1) is 0 Å². The second kappa shape index (κ2) is 5.67. The number of nitrogens with one attached hydrogen (secondary N) is 2. The van der Waals surface area contributed by atoms with Gasteiger partial charge in [-0.1, -0.05) is 23.7 Å². The number of pyridine rings is 1. The molecule has 5 heteroatoms. The Kier molecular flexibility index (Phi) is 3.74. The van der Waals surface area contributed by atoms with Gasteiger partial charge < -0.3 is 10.6 Å². The average Bonchev–Trinajstić information content (AvgIpc) is 2.46. The molecular weight excluding hydrogens is 274 g/mol. The molecule has 1 amide bonds. The molecule has 0 unspecified atom stereocenters. The van der Waals surface area contributed by atoms with Crippen LogP contribution in [0.15, 0.2) is 30.5 Å². The fraction of sp³-hybridized carbons (Fsp3) is 0.333. The number of benzene rings is 1. The molecule has 104 valence electrons. The highest BCUT2D eigenvalue weighted by atomic mass is 35.5. The third kappa shape index (κ3) is 2.70. The molecule has 20 heavy (non-hydrogen) atoms. The van der Waals surface area contributed by atoms with Gasteiger partial charge in [0.15, 0.2) is 0 Å². The summed E-state index contributed by atoms with van der Waals surface area (Å²) < 4.78 is 0. The highest BCUT2D eigenvalue weighted by Crippen LogP contribution is 2.27. The van der Waals surface area contributed by atoms with Crippen molar-refractivity contribution in [1.82, 2.24) is 10.3 Å². The number of nitrogens with zero attached hydrogens (tertiary/aromatic N) is 1. The smallest absolute Gasteiger partial charge is 0.220 e. The lowest BCUT2D eigenvalue weighted by molar-refractivity contribution is -0.123. The lowest BCUT2D eigenvalue weighted by atomic mass is 10.0. The maximum atomic E-state index is 11.4. The fourth-order valence-corrected chi connectivity index (χ4v) is 2.78. The highest BCUT2D eigenvalue weighted by molar-refractivity contribution is 6.35. The maximum absolute atomic E-state index is 11.4.